The summed E-state index contributed by atoms with van der Waals surface area (Å²) in [6, 6.07) is 13.6. The second kappa shape index (κ2) is 6.36. The lowest BCUT2D eigenvalue weighted by Crippen LogP contribution is -2.16. The van der Waals surface area contributed by atoms with E-state index in [1.807, 2.05) is 49.5 Å². The molecule has 0 amide bonds. The Kier molecular flexibility index (Phi) is 4.11. The number of aliphatic hydroxyl groups is 1. The van der Waals surface area contributed by atoms with Crippen LogP contribution in [-0.4, -0.2) is 31.4 Å². The van der Waals surface area contributed by atoms with Crippen molar-refractivity contribution in [1.82, 2.24) is 19.7 Å². The number of aromatic nitrogens is 4. The molecule has 0 aliphatic rings. The number of nitrogens with one attached hydrogen (secondary N) is 1. The molecule has 3 rings (SSSR count). The number of nitrogens with zero attached hydrogens (tertiary/aromatic N) is 4. The largest absolute Gasteiger partial charge is 0.383 e. The summed E-state index contributed by atoms with van der Waals surface area (Å²) < 4.78 is 1.79. The zero-order chi connectivity index (χ0) is 15.4. The lowest BCUT2D eigenvalue weighted by Gasteiger charge is -2.12. The molecule has 0 radical (unpaired) electrons. The summed E-state index contributed by atoms with van der Waals surface area (Å²) in [7, 11) is 1.85. The molecule has 1 atom stereocenters. The maximum Gasteiger partial charge on any atom is 0.148 e. The second-order valence-electron chi connectivity index (χ2n) is 4.96. The van der Waals surface area contributed by atoms with Crippen LogP contribution in [0.2, 0.25) is 0 Å². The highest BCUT2D eigenvalue weighted by atomic mass is 16.3. The van der Waals surface area contributed by atoms with Gasteiger partial charge in [0.1, 0.15) is 17.7 Å². The van der Waals surface area contributed by atoms with Crippen LogP contribution < -0.4 is 5.32 Å². The number of aryl methyl sites for hydroxylation is 1. The first-order chi connectivity index (χ1) is 10.7. The summed E-state index contributed by atoms with van der Waals surface area (Å²) in [5.41, 5.74) is 1.84. The summed E-state index contributed by atoms with van der Waals surface area (Å²) in [6.45, 7) is 0.324. The predicted octanol–water partition coefficient (Wildman–Crippen LogP) is 2.02. The summed E-state index contributed by atoms with van der Waals surface area (Å²) in [6.07, 6.45) is 2.76. The number of anilines is 1. The fourth-order valence-electron chi connectivity index (χ4n) is 2.18. The van der Waals surface area contributed by atoms with Gasteiger partial charge in [0.2, 0.25) is 0 Å². The van der Waals surface area contributed by atoms with Crippen LogP contribution in [0.4, 0.5) is 5.82 Å². The average Bonchev–Trinajstić information content (AvgIpc) is 3.00. The first-order valence-electron chi connectivity index (χ1n) is 7.02. The van der Waals surface area contributed by atoms with Crippen molar-refractivity contribution in [3.8, 4) is 11.3 Å². The molecular formula is C16H17N5O. The molecule has 2 N–H and O–H groups in total. The zero-order valence-electron chi connectivity index (χ0n) is 12.2. The number of rotatable bonds is 5. The van der Waals surface area contributed by atoms with Crippen molar-refractivity contribution in [3.63, 3.8) is 0 Å². The third kappa shape index (κ3) is 3.12. The first kappa shape index (κ1) is 14.2. The molecule has 0 saturated carbocycles. The Hall–Kier alpha value is -2.73. The van der Waals surface area contributed by atoms with Crippen LogP contribution in [0.1, 0.15) is 11.9 Å². The fraction of sp³-hybridized carbons (Fsp3) is 0.188. The van der Waals surface area contributed by atoms with Crippen LogP contribution >= 0.6 is 0 Å². The van der Waals surface area contributed by atoms with Gasteiger partial charge in [0.25, 0.3) is 0 Å². The molecule has 1 aromatic carbocycles. The molecular weight excluding hydrogens is 278 g/mol. The average molecular weight is 295 g/mol. The highest BCUT2D eigenvalue weighted by molar-refractivity contribution is 5.59. The topological polar surface area (TPSA) is 75.9 Å². The Bertz CT molecular complexity index is 724. The fourth-order valence-corrected chi connectivity index (χ4v) is 2.18. The molecule has 0 spiro atoms. The molecule has 112 valence electrons. The van der Waals surface area contributed by atoms with Gasteiger partial charge in [0.15, 0.2) is 0 Å². The maximum atomic E-state index is 10.1. The number of aliphatic hydroxyl groups excluding tert-OH is 1. The van der Waals surface area contributed by atoms with Crippen LogP contribution in [0.5, 0.6) is 0 Å². The van der Waals surface area contributed by atoms with Crippen LogP contribution in [0.15, 0.2) is 54.9 Å². The van der Waals surface area contributed by atoms with Crippen molar-refractivity contribution < 1.29 is 5.11 Å². The number of hydrogen-bond acceptors (Lipinski definition) is 5. The molecule has 6 nitrogen and oxygen atoms in total. The van der Waals surface area contributed by atoms with E-state index in [1.165, 1.54) is 0 Å². The Morgan fingerprint density at radius 1 is 1.14 bits per heavy atom. The van der Waals surface area contributed by atoms with E-state index in [0.717, 1.165) is 11.3 Å². The van der Waals surface area contributed by atoms with Crippen LogP contribution in [0.3, 0.4) is 0 Å². The van der Waals surface area contributed by atoms with E-state index in [1.54, 1.807) is 17.0 Å². The molecule has 0 aliphatic heterocycles. The van der Waals surface area contributed by atoms with E-state index < -0.39 is 6.10 Å². The highest BCUT2D eigenvalue weighted by Crippen LogP contribution is 2.17. The van der Waals surface area contributed by atoms with E-state index >= 15 is 0 Å². The van der Waals surface area contributed by atoms with Crippen molar-refractivity contribution >= 4 is 5.82 Å². The van der Waals surface area contributed by atoms with Gasteiger partial charge in [-0.15, -0.1) is 10.2 Å². The lowest BCUT2D eigenvalue weighted by molar-refractivity contribution is 0.178. The van der Waals surface area contributed by atoms with Gasteiger partial charge in [0, 0.05) is 31.5 Å². The van der Waals surface area contributed by atoms with Gasteiger partial charge in [-0.3, -0.25) is 0 Å². The number of benzene rings is 1. The van der Waals surface area contributed by atoms with E-state index in [9.17, 15) is 5.11 Å². The van der Waals surface area contributed by atoms with Gasteiger partial charge < -0.3 is 15.0 Å². The zero-order valence-corrected chi connectivity index (χ0v) is 12.2. The van der Waals surface area contributed by atoms with Gasteiger partial charge in [0.05, 0.1) is 5.69 Å². The Labute approximate surface area is 128 Å². The Morgan fingerprint density at radius 2 is 1.95 bits per heavy atom. The van der Waals surface area contributed by atoms with Gasteiger partial charge in [-0.1, -0.05) is 30.3 Å². The molecule has 0 aliphatic carbocycles. The standard InChI is InChI=1S/C16H17N5O/c1-21-10-9-17-16(21)14(22)11-18-15-8-7-13(19-20-15)12-5-3-2-4-6-12/h2-10,14,22H,11H2,1H3,(H,18,20). The molecule has 2 aromatic heterocycles. The molecule has 1 unspecified atom stereocenters. The quantitative estimate of drug-likeness (QED) is 0.753. The van der Waals surface area contributed by atoms with E-state index in [-0.39, 0.29) is 0 Å². The minimum absolute atomic E-state index is 0.324. The van der Waals surface area contributed by atoms with Crippen LogP contribution in [-0.2, 0) is 7.05 Å². The molecule has 0 fully saturated rings. The third-order valence-corrected chi connectivity index (χ3v) is 3.37. The molecule has 3 aromatic rings. The van der Waals surface area contributed by atoms with Crippen LogP contribution in [0, 0.1) is 0 Å². The van der Waals surface area contributed by atoms with E-state index in [2.05, 4.69) is 20.5 Å². The normalized spacial score (nSPS) is 12.1. The molecule has 0 saturated heterocycles. The van der Waals surface area contributed by atoms with Crippen molar-refractivity contribution in [2.24, 2.45) is 7.05 Å². The van der Waals surface area contributed by atoms with Gasteiger partial charge in [-0.05, 0) is 12.1 Å². The van der Waals surface area contributed by atoms with E-state index in [4.69, 9.17) is 0 Å². The molecule has 22 heavy (non-hydrogen) atoms. The molecule has 2 heterocycles. The van der Waals surface area contributed by atoms with Crippen molar-refractivity contribution in [1.29, 1.82) is 0 Å². The SMILES string of the molecule is Cn1ccnc1C(O)CNc1ccc(-c2ccccc2)nn1. The van der Waals surface area contributed by atoms with Crippen LogP contribution in [0.25, 0.3) is 11.3 Å². The minimum Gasteiger partial charge on any atom is -0.383 e. The lowest BCUT2D eigenvalue weighted by atomic mass is 10.1. The molecule has 6 heteroatoms. The van der Waals surface area contributed by atoms with Gasteiger partial charge in [-0.25, -0.2) is 4.98 Å². The smallest absolute Gasteiger partial charge is 0.148 e. The number of imidazole rings is 1. The summed E-state index contributed by atoms with van der Waals surface area (Å²) in [5.74, 6) is 1.23. The second-order valence-corrected chi connectivity index (χ2v) is 4.96. The Balaban J connectivity index is 1.63. The van der Waals surface area contributed by atoms with Crippen molar-refractivity contribution in [3.05, 3.63) is 60.7 Å². The van der Waals surface area contributed by atoms with Crippen molar-refractivity contribution in [2.75, 3.05) is 11.9 Å². The van der Waals surface area contributed by atoms with Crippen molar-refractivity contribution in [2.45, 2.75) is 6.10 Å². The van der Waals surface area contributed by atoms with Gasteiger partial charge >= 0.3 is 0 Å². The summed E-state index contributed by atoms with van der Waals surface area (Å²) in [4.78, 5) is 4.12. The highest BCUT2D eigenvalue weighted by Gasteiger charge is 2.12. The number of hydrogen-bond donors (Lipinski definition) is 2. The maximum absolute atomic E-state index is 10.1. The summed E-state index contributed by atoms with van der Waals surface area (Å²) in [5, 5.41) is 21.5. The molecule has 0 bridgehead atoms. The first-order valence-corrected chi connectivity index (χ1v) is 7.02. The van der Waals surface area contributed by atoms with Gasteiger partial charge in [-0.2, -0.15) is 0 Å². The Morgan fingerprint density at radius 3 is 2.59 bits per heavy atom. The monoisotopic (exact) mass is 295 g/mol. The van der Waals surface area contributed by atoms with E-state index in [0.29, 0.717) is 18.2 Å². The third-order valence-electron chi connectivity index (χ3n) is 3.37. The minimum atomic E-state index is -0.699. The predicted molar refractivity (Wildman–Crippen MR) is 84.1 cm³/mol. The summed E-state index contributed by atoms with van der Waals surface area (Å²) >= 11 is 0.